The number of carbonyl (C=O) groups excluding carboxylic acids is 4. The number of aromatic nitrogens is 1. The number of nitrogens with one attached hydrogen (secondary N) is 2. The fraction of sp³-hybridized carbons (Fsp3) is 0.385. The van der Waals surface area contributed by atoms with Crippen LogP contribution < -0.4 is 11.1 Å². The lowest BCUT2D eigenvalue weighted by Gasteiger charge is -2.18. The van der Waals surface area contributed by atoms with Crippen LogP contribution in [0.1, 0.15) is 64.7 Å². The van der Waals surface area contributed by atoms with Crippen molar-refractivity contribution < 1.29 is 33.8 Å². The zero-order valence-corrected chi connectivity index (χ0v) is 22.6. The van der Waals surface area contributed by atoms with Gasteiger partial charge in [0, 0.05) is 24.8 Å². The highest BCUT2D eigenvalue weighted by molar-refractivity contribution is 6.09. The first kappa shape index (κ1) is 30.7. The lowest BCUT2D eigenvalue weighted by Crippen LogP contribution is -2.38. The number of hydrogen-bond donors (Lipinski definition) is 4. The number of benzene rings is 1. The molecule has 39 heavy (non-hydrogen) atoms. The minimum absolute atomic E-state index is 0.0318. The quantitative estimate of drug-likeness (QED) is 0.152. The van der Waals surface area contributed by atoms with Crippen LogP contribution in [0.3, 0.4) is 0 Å². The molecule has 0 aliphatic heterocycles. The van der Waals surface area contributed by atoms with Crippen LogP contribution in [0.15, 0.2) is 34.4 Å². The summed E-state index contributed by atoms with van der Waals surface area (Å²) < 4.78 is 9.45. The van der Waals surface area contributed by atoms with Gasteiger partial charge in [-0.05, 0) is 57.4 Å². The minimum atomic E-state index is -1.38. The van der Waals surface area contributed by atoms with Gasteiger partial charge in [-0.2, -0.15) is 0 Å². The highest BCUT2D eigenvalue weighted by atomic mass is 16.7. The van der Waals surface area contributed by atoms with Crippen molar-refractivity contribution in [2.45, 2.75) is 47.1 Å². The number of aliphatic hydroxyl groups excluding tert-OH is 1. The molecule has 0 saturated heterocycles. The fourth-order valence-electron chi connectivity index (χ4n) is 3.33. The standard InChI is InChI=1S/C26H34N6O7/c1-6-10-28-23(34)18-9-8-15(3)20(11-18)31-22(30-13-27)21-16(4)19(12-29-21)24(35)32(7-2)26(37)39-14-38-25(36)17(5)33/h8-9,11-13,17,29,33H,6-7,10,14H2,1-5H3,(H,28,34)(H2,27,30,31). The molecule has 1 atom stereocenters. The zero-order chi connectivity index (χ0) is 29.1. The van der Waals surface area contributed by atoms with E-state index in [1.54, 1.807) is 32.0 Å². The van der Waals surface area contributed by atoms with Crippen LogP contribution in [0, 0.1) is 13.8 Å². The topological polar surface area (TPSA) is 189 Å². The van der Waals surface area contributed by atoms with Gasteiger partial charge in [-0.25, -0.2) is 24.5 Å². The zero-order valence-electron chi connectivity index (χ0n) is 22.6. The number of aliphatic hydroxyl groups is 1. The molecule has 1 unspecified atom stereocenters. The van der Waals surface area contributed by atoms with Crippen LogP contribution in [0.2, 0.25) is 0 Å². The molecule has 13 heteroatoms. The third kappa shape index (κ3) is 7.98. The van der Waals surface area contributed by atoms with Crippen LogP contribution in [0.4, 0.5) is 10.5 Å². The molecule has 0 fully saturated rings. The third-order valence-corrected chi connectivity index (χ3v) is 5.53. The Morgan fingerprint density at radius 2 is 1.92 bits per heavy atom. The molecule has 0 radical (unpaired) electrons. The number of aliphatic imine (C=N–C) groups is 2. The van der Waals surface area contributed by atoms with Gasteiger partial charge in [0.15, 0.2) is 5.84 Å². The molecule has 1 aromatic heterocycles. The van der Waals surface area contributed by atoms with Crippen LogP contribution in [0.5, 0.6) is 0 Å². The molecule has 0 bridgehead atoms. The Morgan fingerprint density at radius 1 is 1.21 bits per heavy atom. The number of amides is 3. The van der Waals surface area contributed by atoms with E-state index in [2.05, 4.69) is 25.0 Å². The summed E-state index contributed by atoms with van der Waals surface area (Å²) >= 11 is 0. The molecule has 210 valence electrons. The Morgan fingerprint density at radius 3 is 2.54 bits per heavy atom. The Balaban J connectivity index is 2.34. The van der Waals surface area contributed by atoms with Gasteiger partial charge in [0.25, 0.3) is 11.8 Å². The van der Waals surface area contributed by atoms with Gasteiger partial charge in [0.05, 0.1) is 23.3 Å². The predicted octanol–water partition coefficient (Wildman–Crippen LogP) is 2.32. The first-order valence-corrected chi connectivity index (χ1v) is 12.3. The molecule has 0 aliphatic carbocycles. The number of aromatic amines is 1. The monoisotopic (exact) mass is 542 g/mol. The molecule has 1 heterocycles. The van der Waals surface area contributed by atoms with Crippen molar-refractivity contribution in [1.82, 2.24) is 15.2 Å². The van der Waals surface area contributed by atoms with Gasteiger partial charge >= 0.3 is 12.1 Å². The molecule has 1 aromatic carbocycles. The maximum atomic E-state index is 13.2. The van der Waals surface area contributed by atoms with Crippen molar-refractivity contribution in [2.24, 2.45) is 15.7 Å². The average molecular weight is 543 g/mol. The molecule has 5 N–H and O–H groups in total. The highest BCUT2D eigenvalue weighted by Crippen LogP contribution is 2.24. The molecular formula is C26H34N6O7. The van der Waals surface area contributed by atoms with Crippen LogP contribution in [0.25, 0.3) is 0 Å². The molecular weight excluding hydrogens is 508 g/mol. The molecule has 2 rings (SSSR count). The first-order chi connectivity index (χ1) is 18.5. The van der Waals surface area contributed by atoms with E-state index in [1.165, 1.54) is 13.1 Å². The summed E-state index contributed by atoms with van der Waals surface area (Å²) in [5.74, 6) is -1.73. The molecule has 13 nitrogen and oxygen atoms in total. The maximum Gasteiger partial charge on any atom is 0.419 e. The van der Waals surface area contributed by atoms with E-state index in [0.29, 0.717) is 29.1 Å². The summed E-state index contributed by atoms with van der Waals surface area (Å²) in [7, 11) is 0. The van der Waals surface area contributed by atoms with Crippen molar-refractivity contribution in [3.63, 3.8) is 0 Å². The van der Waals surface area contributed by atoms with E-state index < -0.39 is 30.9 Å². The number of rotatable bonds is 10. The molecule has 2 aromatic rings. The molecule has 0 saturated carbocycles. The van der Waals surface area contributed by atoms with Crippen molar-refractivity contribution in [3.05, 3.63) is 52.3 Å². The summed E-state index contributed by atoms with van der Waals surface area (Å²) in [6, 6.07) is 5.10. The Labute approximate surface area is 226 Å². The Kier molecular flexibility index (Phi) is 11.4. The number of nitrogens with two attached hydrogens (primary N) is 1. The average Bonchev–Trinajstić information content (AvgIpc) is 3.29. The second kappa shape index (κ2) is 14.4. The Hall–Kier alpha value is -4.52. The lowest BCUT2D eigenvalue weighted by atomic mass is 10.1. The van der Waals surface area contributed by atoms with E-state index >= 15 is 0 Å². The second-order valence-electron chi connectivity index (χ2n) is 8.39. The van der Waals surface area contributed by atoms with Crippen molar-refractivity contribution >= 4 is 41.7 Å². The lowest BCUT2D eigenvalue weighted by molar-refractivity contribution is -0.161. The summed E-state index contributed by atoms with van der Waals surface area (Å²) in [6.45, 7) is 7.95. The van der Waals surface area contributed by atoms with Gasteiger partial charge in [0.2, 0.25) is 6.79 Å². The third-order valence-electron chi connectivity index (χ3n) is 5.53. The van der Waals surface area contributed by atoms with E-state index in [9.17, 15) is 19.2 Å². The maximum absolute atomic E-state index is 13.2. The fourth-order valence-corrected chi connectivity index (χ4v) is 3.33. The minimum Gasteiger partial charge on any atom is -0.426 e. The molecule has 3 amide bonds. The summed E-state index contributed by atoms with van der Waals surface area (Å²) in [4.78, 5) is 61.9. The van der Waals surface area contributed by atoms with Gasteiger partial charge in [-0.3, -0.25) is 9.59 Å². The summed E-state index contributed by atoms with van der Waals surface area (Å²) in [6.07, 6.45) is 0.836. The summed E-state index contributed by atoms with van der Waals surface area (Å²) in [5, 5.41) is 12.0. The number of ether oxygens (including phenoxy) is 2. The summed E-state index contributed by atoms with van der Waals surface area (Å²) in [5.41, 5.74) is 8.21. The second-order valence-corrected chi connectivity index (χ2v) is 8.39. The van der Waals surface area contributed by atoms with Gasteiger partial charge in [-0.1, -0.05) is 13.0 Å². The van der Waals surface area contributed by atoms with Crippen LogP contribution in [-0.2, 0) is 14.3 Å². The van der Waals surface area contributed by atoms with E-state index in [1.807, 2.05) is 13.8 Å². The molecule has 0 aliphatic rings. The SMILES string of the molecule is CCCNC(=O)c1ccc(C)c(N=C(N=CN)c2[nH]cc(C(=O)N(CC)C(=O)OCOC(=O)C(C)O)c2C)c1. The number of nitrogens with zero attached hydrogens (tertiary/aromatic N) is 3. The number of amidine groups is 1. The van der Waals surface area contributed by atoms with E-state index in [0.717, 1.165) is 23.2 Å². The highest BCUT2D eigenvalue weighted by Gasteiger charge is 2.27. The van der Waals surface area contributed by atoms with Gasteiger partial charge in [-0.15, -0.1) is 0 Å². The van der Waals surface area contributed by atoms with Crippen molar-refractivity contribution in [1.29, 1.82) is 0 Å². The normalized spacial score (nSPS) is 12.2. The van der Waals surface area contributed by atoms with Crippen LogP contribution >= 0.6 is 0 Å². The van der Waals surface area contributed by atoms with Crippen LogP contribution in [-0.4, -0.2) is 77.0 Å². The van der Waals surface area contributed by atoms with E-state index in [-0.39, 0.29) is 23.9 Å². The number of carbonyl (C=O) groups is 4. The number of esters is 1. The number of H-pyrrole nitrogens is 1. The van der Waals surface area contributed by atoms with Crippen molar-refractivity contribution in [2.75, 3.05) is 19.9 Å². The predicted molar refractivity (Wildman–Crippen MR) is 144 cm³/mol. The van der Waals surface area contributed by atoms with Gasteiger partial charge < -0.3 is 30.6 Å². The largest absolute Gasteiger partial charge is 0.426 e. The van der Waals surface area contributed by atoms with E-state index in [4.69, 9.17) is 15.6 Å². The Bertz CT molecular complexity index is 1270. The smallest absolute Gasteiger partial charge is 0.419 e. The number of hydrogen-bond acceptors (Lipinski definition) is 8. The van der Waals surface area contributed by atoms with Gasteiger partial charge in [0.1, 0.15) is 6.10 Å². The number of imide groups is 1. The van der Waals surface area contributed by atoms with Crippen molar-refractivity contribution in [3.8, 4) is 0 Å². The number of aryl methyl sites for hydroxylation is 1. The molecule has 0 spiro atoms. The first-order valence-electron chi connectivity index (χ1n) is 12.3.